The van der Waals surface area contributed by atoms with Gasteiger partial charge in [0.25, 0.3) is 0 Å². The van der Waals surface area contributed by atoms with Crippen LogP contribution in [0.15, 0.2) is 273 Å². The summed E-state index contributed by atoms with van der Waals surface area (Å²) < 4.78 is 103. The molecular weight excluding hydrogens is 1460 g/mol. The number of carbonyl (C=O) groups is 10. The van der Waals surface area contributed by atoms with Gasteiger partial charge in [-0.3, -0.25) is 4.79 Å². The van der Waals surface area contributed by atoms with Crippen LogP contribution in [0.5, 0.6) is 0 Å². The summed E-state index contributed by atoms with van der Waals surface area (Å²) in [5.41, 5.74) is 0.0967. The molecule has 582 valence electrons. The van der Waals surface area contributed by atoms with Gasteiger partial charge in [-0.25, -0.2) is 43.2 Å². The minimum atomic E-state index is -2.03. The van der Waals surface area contributed by atoms with Gasteiger partial charge in [-0.15, -0.1) is 0 Å². The lowest BCUT2D eigenvalue weighted by molar-refractivity contribution is -0.361. The molecule has 3 heterocycles. The summed E-state index contributed by atoms with van der Waals surface area (Å²) in [5.74, 6) is -9.38. The molecule has 26 heteroatoms. The van der Waals surface area contributed by atoms with Crippen molar-refractivity contribution in [3.05, 3.63) is 323 Å². The van der Waals surface area contributed by atoms with Crippen molar-refractivity contribution in [1.29, 1.82) is 0 Å². The molecule has 26 nitrogen and oxygen atoms in total. The Labute approximate surface area is 648 Å². The van der Waals surface area contributed by atoms with Crippen molar-refractivity contribution < 1.29 is 124 Å². The molecule has 3 saturated heterocycles. The number of esters is 10. The smallest absolute Gasteiger partial charge is 0.338 e. The number of ether oxygens (including phenoxy) is 16. The quantitative estimate of drug-likeness (QED) is 0.0221. The fraction of sp³-hybridized carbons (Fsp3) is 0.264. The highest BCUT2D eigenvalue weighted by Gasteiger charge is 2.59. The Morgan fingerprint density at radius 1 is 0.292 bits per heavy atom. The monoisotopic (exact) mass is 1540 g/mol. The van der Waals surface area contributed by atoms with Crippen LogP contribution in [0.3, 0.4) is 0 Å². The molecule has 9 aromatic carbocycles. The Morgan fingerprint density at radius 3 is 0.947 bits per heavy atom. The zero-order valence-electron chi connectivity index (χ0n) is 60.8. The summed E-state index contributed by atoms with van der Waals surface area (Å²) in [5, 5.41) is 0. The maximum atomic E-state index is 15.2. The van der Waals surface area contributed by atoms with Crippen molar-refractivity contribution in [1.82, 2.24) is 0 Å². The zero-order valence-corrected chi connectivity index (χ0v) is 60.8. The third kappa shape index (κ3) is 21.5. The van der Waals surface area contributed by atoms with Gasteiger partial charge >= 0.3 is 59.7 Å². The normalized spacial score (nSPS) is 22.4. The lowest BCUT2D eigenvalue weighted by Gasteiger charge is -2.48. The van der Waals surface area contributed by atoms with Crippen LogP contribution in [0.2, 0.25) is 0 Å². The average Bonchev–Trinajstić information content (AvgIpc) is 0.771. The SMILES string of the molecule is COC(=O)CCCCCO[C@@H]1O[C@H](CO[C@H]2O[C@H](COC(=O)c3ccccc3)[C@@H](OC(=O)c3ccccc3)[C@H](OC(=O)c3ccccc3)[C@@H]2OC(=O)c2ccccc2)[C@@H](OC(=O)c2ccccc2)[C@H](OC(=O)c2ccccc2)[C@@H]1O[C@@H]1OC[C@@H](OC(=O)c2ccccc2)[C@H](OC(=O)c2ccccc2)[C@H]1OC(=O)c1ccccc1. The Balaban J connectivity index is 0.986. The van der Waals surface area contributed by atoms with E-state index >= 15 is 9.59 Å². The first-order valence-corrected chi connectivity index (χ1v) is 36.3. The molecule has 3 aliphatic rings. The summed E-state index contributed by atoms with van der Waals surface area (Å²) >= 11 is 0. The van der Waals surface area contributed by atoms with Gasteiger partial charge in [-0.2, -0.15) is 0 Å². The van der Waals surface area contributed by atoms with E-state index in [4.69, 9.17) is 75.8 Å². The number of unbranched alkanes of at least 4 members (excludes halogenated alkanes) is 2. The Hall–Kier alpha value is -12.6. The van der Waals surface area contributed by atoms with Crippen molar-refractivity contribution in [2.24, 2.45) is 0 Å². The Morgan fingerprint density at radius 2 is 0.584 bits per heavy atom. The van der Waals surface area contributed by atoms with Gasteiger partial charge in [0.1, 0.15) is 18.8 Å². The number of hydrogen-bond acceptors (Lipinski definition) is 26. The third-order valence-corrected chi connectivity index (χ3v) is 18.2. The van der Waals surface area contributed by atoms with Crippen LogP contribution < -0.4 is 0 Å². The summed E-state index contributed by atoms with van der Waals surface area (Å²) in [6, 6.07) is 69.4. The van der Waals surface area contributed by atoms with Gasteiger partial charge in [0.15, 0.2) is 73.8 Å². The number of rotatable bonds is 31. The average molecular weight is 1540 g/mol. The van der Waals surface area contributed by atoms with Crippen LogP contribution >= 0.6 is 0 Å². The minimum Gasteiger partial charge on any atom is -0.469 e. The van der Waals surface area contributed by atoms with Gasteiger partial charge in [0.05, 0.1) is 70.4 Å². The van der Waals surface area contributed by atoms with Gasteiger partial charge in [0, 0.05) is 13.0 Å². The van der Waals surface area contributed by atoms with E-state index in [-0.39, 0.29) is 69.5 Å². The van der Waals surface area contributed by atoms with E-state index in [0.717, 1.165) is 0 Å². The molecular formula is C87H78O26. The van der Waals surface area contributed by atoms with Crippen molar-refractivity contribution in [2.75, 3.05) is 33.5 Å². The lowest BCUT2D eigenvalue weighted by atomic mass is 9.96. The predicted molar refractivity (Wildman–Crippen MR) is 396 cm³/mol. The predicted octanol–water partition coefficient (Wildman–Crippen LogP) is 11.6. The molecule has 0 aliphatic carbocycles. The molecule has 3 fully saturated rings. The molecule has 0 bridgehead atoms. The van der Waals surface area contributed by atoms with E-state index in [1.165, 1.54) is 116 Å². The number of methoxy groups -OCH3 is 1. The fourth-order valence-electron chi connectivity index (χ4n) is 12.5. The van der Waals surface area contributed by atoms with Crippen LogP contribution in [-0.4, -0.2) is 179 Å². The van der Waals surface area contributed by atoms with Crippen LogP contribution in [0, 0.1) is 0 Å². The standard InChI is InChI=1S/C87H78O26/c1-98-67(88)50-30-11-31-51-99-85-75(113-87-73(111-83(96)62-46-26-9-27-47-62)70(108-80(93)59-40-20-6-21-41-59)64(53-102-87)103-77(90)56-34-14-3-15-35-56)72(110-82(95)61-44-24-8-25-45-61)69(107-79(92)58-38-18-5-19-39-58)66(104-85)54-101-86-74(112-84(97)63-48-28-10-29-49-63)71(109-81(94)60-42-22-7-23-43-60)68(106-78(91)57-36-16-4-17-37-57)65(105-86)52-100-76(89)55-32-12-2-13-33-55/h2-10,12-29,32-49,64-66,68-75,85-87H,11,30-31,50-54H2,1H3/t64-,65-,66-,68-,69-,70+,71+,72+,73-,74+,75+,85-,86+,87+/m1/s1. The molecule has 0 radical (unpaired) electrons. The molecule has 0 aromatic heterocycles. The van der Waals surface area contributed by atoms with Gasteiger partial charge < -0.3 is 75.8 Å². The van der Waals surface area contributed by atoms with E-state index in [0.29, 0.717) is 12.8 Å². The maximum Gasteiger partial charge on any atom is 0.338 e. The number of hydrogen-bond donors (Lipinski definition) is 0. The second-order valence-electron chi connectivity index (χ2n) is 25.9. The Kier molecular flexibility index (Phi) is 28.2. The molecule has 0 unspecified atom stereocenters. The molecule has 3 aliphatic heterocycles. The van der Waals surface area contributed by atoms with E-state index in [9.17, 15) is 38.4 Å². The third-order valence-electron chi connectivity index (χ3n) is 18.2. The summed E-state index contributed by atoms with van der Waals surface area (Å²) in [6.45, 7) is -2.54. The first-order valence-electron chi connectivity index (χ1n) is 36.3. The second-order valence-corrected chi connectivity index (χ2v) is 25.9. The maximum absolute atomic E-state index is 15.2. The molecule has 0 N–H and O–H groups in total. The fourth-order valence-corrected chi connectivity index (χ4v) is 12.5. The van der Waals surface area contributed by atoms with E-state index in [1.807, 2.05) is 0 Å². The molecule has 0 saturated carbocycles. The van der Waals surface area contributed by atoms with Crippen LogP contribution in [0.4, 0.5) is 0 Å². The van der Waals surface area contributed by atoms with Gasteiger partial charge in [0.2, 0.25) is 0 Å². The van der Waals surface area contributed by atoms with E-state index in [1.54, 1.807) is 164 Å². The largest absolute Gasteiger partial charge is 0.469 e. The molecule has 0 spiro atoms. The zero-order chi connectivity index (χ0) is 78.8. The molecule has 0 amide bonds. The molecule has 12 rings (SSSR count). The van der Waals surface area contributed by atoms with Crippen molar-refractivity contribution >= 4 is 59.7 Å². The highest BCUT2D eigenvalue weighted by Crippen LogP contribution is 2.38. The molecule has 9 aromatic rings. The Bertz CT molecular complexity index is 4630. The lowest BCUT2D eigenvalue weighted by Crippen LogP contribution is -2.66. The molecule has 113 heavy (non-hydrogen) atoms. The summed E-state index contributed by atoms with van der Waals surface area (Å²) in [6.07, 6.45) is -25.4. The molecule has 14 atom stereocenters. The number of carbonyl (C=O) groups excluding carboxylic acids is 10. The van der Waals surface area contributed by atoms with Crippen molar-refractivity contribution in [2.45, 2.75) is 112 Å². The van der Waals surface area contributed by atoms with Crippen LogP contribution in [-0.2, 0) is 80.6 Å². The van der Waals surface area contributed by atoms with Crippen LogP contribution in [0.25, 0.3) is 0 Å². The van der Waals surface area contributed by atoms with Gasteiger partial charge in [-0.1, -0.05) is 170 Å². The summed E-state index contributed by atoms with van der Waals surface area (Å²) in [4.78, 5) is 144. The first kappa shape index (κ1) is 80.0. The minimum absolute atomic E-state index is 0.00877. The van der Waals surface area contributed by atoms with Crippen molar-refractivity contribution in [3.63, 3.8) is 0 Å². The van der Waals surface area contributed by atoms with Gasteiger partial charge in [-0.05, 0) is 122 Å². The summed E-state index contributed by atoms with van der Waals surface area (Å²) in [7, 11) is 1.26. The van der Waals surface area contributed by atoms with Crippen LogP contribution in [0.1, 0.15) is 119 Å². The van der Waals surface area contributed by atoms with E-state index in [2.05, 4.69) is 0 Å². The topological polar surface area (TPSA) is 318 Å². The van der Waals surface area contributed by atoms with Crippen molar-refractivity contribution in [3.8, 4) is 0 Å². The number of benzene rings is 9. The first-order chi connectivity index (χ1) is 55.2. The highest BCUT2D eigenvalue weighted by atomic mass is 16.8. The van der Waals surface area contributed by atoms with E-state index < -0.39 is 166 Å². The highest BCUT2D eigenvalue weighted by molar-refractivity contribution is 5.94. The second kappa shape index (κ2) is 39.9.